The summed E-state index contributed by atoms with van der Waals surface area (Å²) in [6.07, 6.45) is 13.3. The standard InChI is InChI=1S/C18H28O4/c1-2-3-4-5-6-7-8-9-10-11-12-13-14(19)15(20)16(21)18-17(13)22-18/h19-21H,2-12H2,1H3. The summed E-state index contributed by atoms with van der Waals surface area (Å²) < 4.78 is 5.13. The van der Waals surface area contributed by atoms with Gasteiger partial charge in [-0.05, 0) is 12.8 Å². The smallest absolute Gasteiger partial charge is 0.216 e. The zero-order chi connectivity index (χ0) is 15.9. The molecular weight excluding hydrogens is 280 g/mol. The van der Waals surface area contributed by atoms with E-state index < -0.39 is 5.75 Å². The van der Waals surface area contributed by atoms with Gasteiger partial charge >= 0.3 is 0 Å². The van der Waals surface area contributed by atoms with Crippen LogP contribution in [0.25, 0.3) is 0 Å². The third-order valence-corrected chi connectivity index (χ3v) is 4.37. The van der Waals surface area contributed by atoms with Crippen LogP contribution in [0.2, 0.25) is 0 Å². The number of aromatic hydroxyl groups is 3. The number of phenols is 3. The van der Waals surface area contributed by atoms with E-state index in [-0.39, 0.29) is 11.5 Å². The van der Waals surface area contributed by atoms with Crippen molar-refractivity contribution in [1.29, 1.82) is 0 Å². The number of hydrogen-bond donors (Lipinski definition) is 3. The largest absolute Gasteiger partial charge is 0.504 e. The second-order valence-corrected chi connectivity index (χ2v) is 6.22. The topological polar surface area (TPSA) is 73.2 Å². The third-order valence-electron chi connectivity index (χ3n) is 4.37. The SMILES string of the molecule is CCCCCCCCCCCCc1c(O)c(O)c(O)c2c1O2. The first-order valence-corrected chi connectivity index (χ1v) is 8.64. The van der Waals surface area contributed by atoms with Crippen LogP contribution in [0.3, 0.4) is 0 Å². The molecule has 22 heavy (non-hydrogen) atoms. The van der Waals surface area contributed by atoms with Crippen LogP contribution in [0, 0.1) is 0 Å². The molecule has 0 atom stereocenters. The highest BCUT2D eigenvalue weighted by atomic mass is 16.6. The van der Waals surface area contributed by atoms with Crippen LogP contribution >= 0.6 is 0 Å². The molecule has 1 aromatic carbocycles. The maximum Gasteiger partial charge on any atom is 0.216 e. The van der Waals surface area contributed by atoms with Gasteiger partial charge in [-0.2, -0.15) is 0 Å². The molecule has 0 saturated carbocycles. The number of phenolic OH excluding ortho intramolecular Hbond substituents is 3. The third kappa shape index (κ3) is 4.21. The van der Waals surface area contributed by atoms with Crippen molar-refractivity contribution in [1.82, 2.24) is 0 Å². The first-order valence-electron chi connectivity index (χ1n) is 8.64. The van der Waals surface area contributed by atoms with Gasteiger partial charge in [-0.25, -0.2) is 0 Å². The van der Waals surface area contributed by atoms with Crippen LogP contribution in [0.4, 0.5) is 0 Å². The first kappa shape index (κ1) is 16.8. The zero-order valence-electron chi connectivity index (χ0n) is 13.5. The van der Waals surface area contributed by atoms with Gasteiger partial charge in [0.05, 0.1) is 0 Å². The number of unbranched alkanes of at least 4 members (excludes halogenated alkanes) is 9. The van der Waals surface area contributed by atoms with E-state index in [4.69, 9.17) is 4.74 Å². The molecule has 0 spiro atoms. The lowest BCUT2D eigenvalue weighted by atomic mass is 10.0. The van der Waals surface area contributed by atoms with Crippen molar-refractivity contribution >= 4 is 0 Å². The van der Waals surface area contributed by atoms with Gasteiger partial charge in [0.15, 0.2) is 11.5 Å². The summed E-state index contributed by atoms with van der Waals surface area (Å²) in [5.41, 5.74) is 0.630. The molecule has 4 nitrogen and oxygen atoms in total. The Kier molecular flexibility index (Phi) is 6.22. The van der Waals surface area contributed by atoms with Crippen LogP contribution in [-0.4, -0.2) is 15.3 Å². The molecule has 1 heterocycles. The van der Waals surface area contributed by atoms with Crippen LogP contribution in [-0.2, 0) is 6.42 Å². The van der Waals surface area contributed by atoms with E-state index in [2.05, 4.69) is 6.92 Å². The minimum atomic E-state index is -0.460. The molecule has 124 valence electrons. The Bertz CT molecular complexity index is 497. The van der Waals surface area contributed by atoms with Crippen LogP contribution in [0.15, 0.2) is 0 Å². The molecule has 1 aliphatic rings. The lowest BCUT2D eigenvalue weighted by Crippen LogP contribution is -1.87. The van der Waals surface area contributed by atoms with Crippen molar-refractivity contribution in [2.75, 3.05) is 0 Å². The summed E-state index contributed by atoms with van der Waals surface area (Å²) in [5.74, 6) is -0.177. The van der Waals surface area contributed by atoms with E-state index in [9.17, 15) is 15.3 Å². The van der Waals surface area contributed by atoms with Crippen molar-refractivity contribution in [2.24, 2.45) is 0 Å². The molecule has 0 bridgehead atoms. The van der Waals surface area contributed by atoms with E-state index >= 15 is 0 Å². The van der Waals surface area contributed by atoms with Gasteiger partial charge in [-0.3, -0.25) is 0 Å². The van der Waals surface area contributed by atoms with Gasteiger partial charge in [-0.15, -0.1) is 0 Å². The van der Waals surface area contributed by atoms with Crippen molar-refractivity contribution in [3.63, 3.8) is 0 Å². The molecule has 0 aliphatic carbocycles. The highest BCUT2D eigenvalue weighted by molar-refractivity contribution is 5.76. The Labute approximate surface area is 132 Å². The maximum absolute atomic E-state index is 9.85. The highest BCUT2D eigenvalue weighted by Gasteiger charge is 2.35. The average Bonchev–Trinajstić information content (AvgIpc) is 3.30. The molecule has 3 N–H and O–H groups in total. The number of ether oxygens (including phenoxy) is 1. The Balaban J connectivity index is 1.58. The molecule has 0 saturated heterocycles. The molecule has 0 aromatic heterocycles. The first-order chi connectivity index (χ1) is 10.7. The Morgan fingerprint density at radius 1 is 0.636 bits per heavy atom. The minimum Gasteiger partial charge on any atom is -0.504 e. The highest BCUT2D eigenvalue weighted by Crippen LogP contribution is 2.62. The Hall–Kier alpha value is -1.58. The Morgan fingerprint density at radius 3 is 1.77 bits per heavy atom. The molecule has 1 aromatic rings. The number of rotatable bonds is 11. The fraction of sp³-hybridized carbons (Fsp3) is 0.667. The van der Waals surface area contributed by atoms with E-state index in [0.717, 1.165) is 12.8 Å². The molecule has 2 rings (SSSR count). The van der Waals surface area contributed by atoms with Crippen molar-refractivity contribution in [2.45, 2.75) is 77.6 Å². The molecule has 4 heteroatoms. The van der Waals surface area contributed by atoms with Crippen LogP contribution in [0.1, 0.15) is 76.7 Å². The summed E-state index contributed by atoms with van der Waals surface area (Å²) in [5, 5.41) is 28.9. The van der Waals surface area contributed by atoms with Gasteiger partial charge in [0, 0.05) is 5.56 Å². The van der Waals surface area contributed by atoms with E-state index in [1.165, 1.54) is 51.4 Å². The zero-order valence-corrected chi connectivity index (χ0v) is 13.5. The lowest BCUT2D eigenvalue weighted by Gasteiger charge is -2.05. The minimum absolute atomic E-state index is 0.232. The van der Waals surface area contributed by atoms with E-state index in [1.54, 1.807) is 0 Å². The number of fused-ring (bicyclic) bond motifs is 1. The second-order valence-electron chi connectivity index (χ2n) is 6.22. The number of benzene rings is 1. The lowest BCUT2D eigenvalue weighted by molar-refractivity contribution is 0.365. The summed E-state index contributed by atoms with van der Waals surface area (Å²) in [6.45, 7) is 2.24. The fourth-order valence-corrected chi connectivity index (χ4v) is 2.92. The molecule has 0 fully saturated rings. The predicted octanol–water partition coefficient (Wildman–Crippen LogP) is 5.37. The summed E-state index contributed by atoms with van der Waals surface area (Å²) in [6, 6.07) is 0. The molecular formula is C18H28O4. The van der Waals surface area contributed by atoms with Gasteiger partial charge in [0.1, 0.15) is 0 Å². The van der Waals surface area contributed by atoms with E-state index in [0.29, 0.717) is 23.5 Å². The Morgan fingerprint density at radius 2 is 1.18 bits per heavy atom. The molecule has 0 unspecified atom stereocenters. The monoisotopic (exact) mass is 308 g/mol. The summed E-state index contributed by atoms with van der Waals surface area (Å²) >= 11 is 0. The van der Waals surface area contributed by atoms with Gasteiger partial charge in [-0.1, -0.05) is 64.7 Å². The molecule has 1 aliphatic heterocycles. The van der Waals surface area contributed by atoms with Crippen molar-refractivity contribution < 1.29 is 20.1 Å². The average molecular weight is 308 g/mol. The van der Waals surface area contributed by atoms with Gasteiger partial charge in [0.25, 0.3) is 0 Å². The van der Waals surface area contributed by atoms with E-state index in [1.807, 2.05) is 0 Å². The predicted molar refractivity (Wildman–Crippen MR) is 87.1 cm³/mol. The van der Waals surface area contributed by atoms with Gasteiger partial charge in [0.2, 0.25) is 17.2 Å². The van der Waals surface area contributed by atoms with Gasteiger partial charge < -0.3 is 20.1 Å². The van der Waals surface area contributed by atoms with Crippen molar-refractivity contribution in [3.8, 4) is 28.7 Å². The fourth-order valence-electron chi connectivity index (χ4n) is 2.92. The summed E-state index contributed by atoms with van der Waals surface area (Å²) in [7, 11) is 0. The molecule has 0 amide bonds. The van der Waals surface area contributed by atoms with Crippen molar-refractivity contribution in [3.05, 3.63) is 5.56 Å². The molecule has 0 radical (unpaired) electrons. The normalized spacial score (nSPS) is 12.0. The number of hydrogen-bond acceptors (Lipinski definition) is 4. The van der Waals surface area contributed by atoms with Crippen LogP contribution < -0.4 is 4.74 Å². The quantitative estimate of drug-likeness (QED) is 0.296. The second kappa shape index (κ2) is 8.16. The summed E-state index contributed by atoms with van der Waals surface area (Å²) in [4.78, 5) is 0. The van der Waals surface area contributed by atoms with Crippen LogP contribution in [0.5, 0.6) is 28.7 Å². The maximum atomic E-state index is 9.85.